The molecule has 2 aromatic rings. The summed E-state index contributed by atoms with van der Waals surface area (Å²) in [6.07, 6.45) is 4.80. The number of nitrogens with one attached hydrogen (secondary N) is 1. The van der Waals surface area contributed by atoms with Crippen molar-refractivity contribution in [1.29, 1.82) is 0 Å². The number of aromatic nitrogens is 3. The molecule has 19 heavy (non-hydrogen) atoms. The van der Waals surface area contributed by atoms with Gasteiger partial charge in [-0.05, 0) is 27.7 Å². The molecule has 0 amide bonds. The van der Waals surface area contributed by atoms with Crippen LogP contribution >= 0.6 is 11.3 Å². The highest BCUT2D eigenvalue weighted by atomic mass is 32.1. The molecule has 0 unspecified atom stereocenters. The van der Waals surface area contributed by atoms with Crippen LogP contribution in [-0.4, -0.2) is 20.1 Å². The summed E-state index contributed by atoms with van der Waals surface area (Å²) in [5.74, 6) is 0. The Kier molecular flexibility index (Phi) is 4.37. The topological polar surface area (TPSA) is 42.7 Å². The van der Waals surface area contributed by atoms with Crippen molar-refractivity contribution < 1.29 is 0 Å². The predicted molar refractivity (Wildman–Crippen MR) is 79.4 cm³/mol. The van der Waals surface area contributed by atoms with E-state index in [9.17, 15) is 0 Å². The maximum absolute atomic E-state index is 4.49. The summed E-state index contributed by atoms with van der Waals surface area (Å²) in [5.41, 5.74) is 2.52. The van der Waals surface area contributed by atoms with E-state index in [1.165, 1.54) is 11.4 Å². The lowest BCUT2D eigenvalue weighted by Crippen LogP contribution is -2.35. The lowest BCUT2D eigenvalue weighted by molar-refractivity contribution is 0.415. The molecule has 0 aliphatic carbocycles. The Balaban J connectivity index is 1.92. The van der Waals surface area contributed by atoms with Gasteiger partial charge in [-0.25, -0.2) is 9.97 Å². The number of aryl methyl sites for hydroxylation is 3. The second kappa shape index (κ2) is 5.84. The average Bonchev–Trinajstić information content (AvgIpc) is 2.91. The van der Waals surface area contributed by atoms with Gasteiger partial charge in [-0.1, -0.05) is 0 Å². The van der Waals surface area contributed by atoms with Crippen LogP contribution in [0.2, 0.25) is 0 Å². The molecule has 2 heterocycles. The summed E-state index contributed by atoms with van der Waals surface area (Å²) in [7, 11) is 0. The Labute approximate surface area is 118 Å². The van der Waals surface area contributed by atoms with Crippen molar-refractivity contribution in [1.82, 2.24) is 19.9 Å². The molecule has 0 saturated carbocycles. The normalized spacial score (nSPS) is 12.0. The van der Waals surface area contributed by atoms with Crippen LogP contribution in [0.25, 0.3) is 0 Å². The van der Waals surface area contributed by atoms with E-state index < -0.39 is 0 Å². The molecule has 0 saturated heterocycles. The standard InChI is InChI=1S/C14H22N4S/c1-11-17-12(9-19-11)5-6-18-10-15-7-13(18)8-16-14(2,3)4/h7,9-10,16H,5-6,8H2,1-4H3. The molecule has 1 N–H and O–H groups in total. The van der Waals surface area contributed by atoms with Crippen LogP contribution < -0.4 is 5.32 Å². The van der Waals surface area contributed by atoms with Gasteiger partial charge < -0.3 is 9.88 Å². The van der Waals surface area contributed by atoms with Crippen LogP contribution in [0, 0.1) is 6.92 Å². The minimum Gasteiger partial charge on any atom is -0.333 e. The average molecular weight is 278 g/mol. The van der Waals surface area contributed by atoms with E-state index in [1.54, 1.807) is 11.3 Å². The highest BCUT2D eigenvalue weighted by Gasteiger charge is 2.10. The van der Waals surface area contributed by atoms with Gasteiger partial charge in [0.05, 0.1) is 22.7 Å². The Morgan fingerprint density at radius 2 is 2.16 bits per heavy atom. The van der Waals surface area contributed by atoms with Gasteiger partial charge in [-0.3, -0.25) is 0 Å². The van der Waals surface area contributed by atoms with Crippen molar-refractivity contribution in [2.24, 2.45) is 0 Å². The van der Waals surface area contributed by atoms with E-state index in [0.717, 1.165) is 24.5 Å². The predicted octanol–water partition coefficient (Wildman–Crippen LogP) is 2.78. The lowest BCUT2D eigenvalue weighted by atomic mass is 10.1. The fourth-order valence-electron chi connectivity index (χ4n) is 1.81. The fraction of sp³-hybridized carbons (Fsp3) is 0.571. The van der Waals surface area contributed by atoms with Crippen LogP contribution in [0.4, 0.5) is 0 Å². The van der Waals surface area contributed by atoms with E-state index in [4.69, 9.17) is 0 Å². The van der Waals surface area contributed by atoms with Gasteiger partial charge in [-0.15, -0.1) is 11.3 Å². The minimum absolute atomic E-state index is 0.126. The third-order valence-corrected chi connectivity index (χ3v) is 3.70. The van der Waals surface area contributed by atoms with Gasteiger partial charge in [0.2, 0.25) is 0 Å². The van der Waals surface area contributed by atoms with Gasteiger partial charge in [0.15, 0.2) is 0 Å². The SMILES string of the molecule is Cc1nc(CCn2cncc2CNC(C)(C)C)cs1. The zero-order valence-electron chi connectivity index (χ0n) is 12.1. The van der Waals surface area contributed by atoms with Crippen molar-refractivity contribution in [3.05, 3.63) is 34.3 Å². The van der Waals surface area contributed by atoms with Crippen molar-refractivity contribution in [3.8, 4) is 0 Å². The summed E-state index contributed by atoms with van der Waals surface area (Å²) in [5, 5.41) is 6.77. The van der Waals surface area contributed by atoms with Crippen LogP contribution in [0.15, 0.2) is 17.9 Å². The summed E-state index contributed by atoms with van der Waals surface area (Å²) in [6.45, 7) is 10.3. The first kappa shape index (κ1) is 14.2. The maximum Gasteiger partial charge on any atom is 0.0948 e. The third-order valence-electron chi connectivity index (χ3n) is 2.87. The molecule has 0 aliphatic heterocycles. The second-order valence-corrected chi connectivity index (χ2v) is 6.85. The molecule has 0 atom stereocenters. The molecule has 2 aromatic heterocycles. The molecule has 0 radical (unpaired) electrons. The second-order valence-electron chi connectivity index (χ2n) is 5.79. The minimum atomic E-state index is 0.126. The molecule has 5 heteroatoms. The Hall–Kier alpha value is -1.20. The molecule has 4 nitrogen and oxygen atoms in total. The Bertz CT molecular complexity index is 522. The van der Waals surface area contributed by atoms with E-state index >= 15 is 0 Å². The van der Waals surface area contributed by atoms with Crippen molar-refractivity contribution in [2.75, 3.05) is 0 Å². The number of hydrogen-bond donors (Lipinski definition) is 1. The van der Waals surface area contributed by atoms with E-state index in [-0.39, 0.29) is 5.54 Å². The first-order valence-electron chi connectivity index (χ1n) is 6.59. The van der Waals surface area contributed by atoms with Gasteiger partial charge in [0.25, 0.3) is 0 Å². The number of thiazole rings is 1. The molecule has 0 aromatic carbocycles. The maximum atomic E-state index is 4.49. The summed E-state index contributed by atoms with van der Waals surface area (Å²) >= 11 is 1.71. The Morgan fingerprint density at radius 1 is 1.37 bits per heavy atom. The number of rotatable bonds is 5. The van der Waals surface area contributed by atoms with Crippen molar-refractivity contribution in [3.63, 3.8) is 0 Å². The van der Waals surface area contributed by atoms with Gasteiger partial charge in [-0.2, -0.15) is 0 Å². The number of imidazole rings is 1. The van der Waals surface area contributed by atoms with E-state index in [0.29, 0.717) is 0 Å². The molecule has 104 valence electrons. The van der Waals surface area contributed by atoms with Gasteiger partial charge >= 0.3 is 0 Å². The van der Waals surface area contributed by atoms with Crippen LogP contribution in [0.5, 0.6) is 0 Å². The first-order chi connectivity index (χ1) is 8.94. The molecule has 0 fully saturated rings. The molecule has 0 aliphatic rings. The highest BCUT2D eigenvalue weighted by Crippen LogP contribution is 2.10. The monoisotopic (exact) mass is 278 g/mol. The zero-order valence-corrected chi connectivity index (χ0v) is 12.9. The summed E-state index contributed by atoms with van der Waals surface area (Å²) in [4.78, 5) is 8.74. The van der Waals surface area contributed by atoms with Gasteiger partial charge in [0.1, 0.15) is 0 Å². The van der Waals surface area contributed by atoms with Crippen molar-refractivity contribution in [2.45, 2.75) is 52.7 Å². The molecule has 0 spiro atoms. The van der Waals surface area contributed by atoms with E-state index in [2.05, 4.69) is 46.0 Å². The first-order valence-corrected chi connectivity index (χ1v) is 7.47. The summed E-state index contributed by atoms with van der Waals surface area (Å²) < 4.78 is 2.20. The van der Waals surface area contributed by atoms with Crippen LogP contribution in [0.3, 0.4) is 0 Å². The quantitative estimate of drug-likeness (QED) is 0.914. The highest BCUT2D eigenvalue weighted by molar-refractivity contribution is 7.09. The number of hydrogen-bond acceptors (Lipinski definition) is 4. The molecular weight excluding hydrogens is 256 g/mol. The molecular formula is C14H22N4S. The smallest absolute Gasteiger partial charge is 0.0948 e. The van der Waals surface area contributed by atoms with Crippen LogP contribution in [0.1, 0.15) is 37.2 Å². The zero-order chi connectivity index (χ0) is 13.9. The van der Waals surface area contributed by atoms with Crippen molar-refractivity contribution >= 4 is 11.3 Å². The molecule has 0 bridgehead atoms. The Morgan fingerprint density at radius 3 is 2.79 bits per heavy atom. The third kappa shape index (κ3) is 4.44. The summed E-state index contributed by atoms with van der Waals surface area (Å²) in [6, 6.07) is 0. The largest absolute Gasteiger partial charge is 0.333 e. The van der Waals surface area contributed by atoms with Crippen LogP contribution in [-0.2, 0) is 19.5 Å². The van der Waals surface area contributed by atoms with Gasteiger partial charge in [0, 0.05) is 36.6 Å². The fourth-order valence-corrected chi connectivity index (χ4v) is 2.46. The number of nitrogens with zero attached hydrogens (tertiary/aromatic N) is 3. The van der Waals surface area contributed by atoms with E-state index in [1.807, 2.05) is 19.4 Å². The lowest BCUT2D eigenvalue weighted by Gasteiger charge is -2.20. The molecule has 2 rings (SSSR count).